The number of halogens is 3. The summed E-state index contributed by atoms with van der Waals surface area (Å²) < 4.78 is 37.8. The van der Waals surface area contributed by atoms with Gasteiger partial charge in [0.2, 0.25) is 5.82 Å². The molecule has 0 aliphatic rings. The highest BCUT2D eigenvalue weighted by Gasteiger charge is 2.34. The number of H-pyrrole nitrogens is 1. The van der Waals surface area contributed by atoms with Crippen molar-refractivity contribution in [2.45, 2.75) is 13.1 Å². The number of aromatic amines is 1. The van der Waals surface area contributed by atoms with Crippen LogP contribution in [-0.4, -0.2) is 20.9 Å². The molecule has 114 valence electrons. The molecule has 2 heterocycles. The molecule has 1 amide bonds. The third-order valence-electron chi connectivity index (χ3n) is 2.85. The molecule has 9 heteroatoms. The van der Waals surface area contributed by atoms with E-state index in [2.05, 4.69) is 20.3 Å². The normalized spacial score (nSPS) is 11.8. The molecule has 5 nitrogen and oxygen atoms in total. The number of carbonyl (C=O) groups excluding carboxylic acids is 1. The van der Waals surface area contributed by atoms with Crippen molar-refractivity contribution in [1.82, 2.24) is 15.0 Å². The van der Waals surface area contributed by atoms with Gasteiger partial charge in [0.15, 0.2) is 5.13 Å². The van der Waals surface area contributed by atoms with Crippen LogP contribution < -0.4 is 5.32 Å². The number of rotatable bonds is 2. The molecular formula is C13H9F3N4OS. The maximum absolute atomic E-state index is 12.6. The Morgan fingerprint density at radius 2 is 2.09 bits per heavy atom. The molecule has 3 aromatic rings. The van der Waals surface area contributed by atoms with Crippen molar-refractivity contribution in [3.8, 4) is 0 Å². The average Bonchev–Trinajstić information content (AvgIpc) is 3.03. The summed E-state index contributed by atoms with van der Waals surface area (Å²) in [6, 6.07) is 4.11. The second kappa shape index (κ2) is 5.09. The van der Waals surface area contributed by atoms with Crippen molar-refractivity contribution < 1.29 is 18.0 Å². The molecule has 0 spiro atoms. The van der Waals surface area contributed by atoms with Crippen molar-refractivity contribution in [2.24, 2.45) is 0 Å². The first-order valence-corrected chi connectivity index (χ1v) is 7.01. The predicted molar refractivity (Wildman–Crippen MR) is 75.9 cm³/mol. The molecular weight excluding hydrogens is 317 g/mol. The van der Waals surface area contributed by atoms with E-state index in [-0.39, 0.29) is 16.6 Å². The van der Waals surface area contributed by atoms with Gasteiger partial charge in [-0.2, -0.15) is 13.2 Å². The summed E-state index contributed by atoms with van der Waals surface area (Å²) in [5, 5.41) is 4.81. The molecule has 0 aliphatic carbocycles. The van der Waals surface area contributed by atoms with Gasteiger partial charge < -0.3 is 4.98 Å². The van der Waals surface area contributed by atoms with E-state index in [0.717, 1.165) is 5.69 Å². The van der Waals surface area contributed by atoms with E-state index < -0.39 is 17.9 Å². The first-order valence-electron chi connectivity index (χ1n) is 6.13. The number of carbonyl (C=O) groups is 1. The Hall–Kier alpha value is -2.42. The van der Waals surface area contributed by atoms with Crippen LogP contribution in [0.25, 0.3) is 11.0 Å². The van der Waals surface area contributed by atoms with Gasteiger partial charge in [-0.05, 0) is 25.1 Å². The van der Waals surface area contributed by atoms with Gasteiger partial charge in [0.25, 0.3) is 5.91 Å². The minimum absolute atomic E-state index is 0.147. The topological polar surface area (TPSA) is 70.7 Å². The molecule has 3 rings (SSSR count). The van der Waals surface area contributed by atoms with E-state index in [0.29, 0.717) is 5.13 Å². The van der Waals surface area contributed by atoms with Gasteiger partial charge in [-0.15, -0.1) is 11.3 Å². The number of hydrogen-bond donors (Lipinski definition) is 2. The fraction of sp³-hybridized carbons (Fsp3) is 0.154. The summed E-state index contributed by atoms with van der Waals surface area (Å²) in [6.07, 6.45) is -4.56. The SMILES string of the molecule is Cc1csc(NC(=O)c2ccc3nc(C(F)(F)F)[nH]c3c2)n1. The lowest BCUT2D eigenvalue weighted by molar-refractivity contribution is -0.144. The van der Waals surface area contributed by atoms with E-state index in [1.165, 1.54) is 29.5 Å². The highest BCUT2D eigenvalue weighted by atomic mass is 32.1. The largest absolute Gasteiger partial charge is 0.449 e. The van der Waals surface area contributed by atoms with Crippen molar-refractivity contribution in [3.63, 3.8) is 0 Å². The summed E-state index contributed by atoms with van der Waals surface area (Å²) in [4.78, 5) is 21.8. The zero-order chi connectivity index (χ0) is 15.9. The Kier molecular flexibility index (Phi) is 3.36. The number of aryl methyl sites for hydroxylation is 1. The van der Waals surface area contributed by atoms with E-state index in [1.54, 1.807) is 12.3 Å². The number of thiazole rings is 1. The number of hydrogen-bond acceptors (Lipinski definition) is 4. The van der Waals surface area contributed by atoms with E-state index >= 15 is 0 Å². The van der Waals surface area contributed by atoms with Gasteiger partial charge in [0.05, 0.1) is 16.7 Å². The summed E-state index contributed by atoms with van der Waals surface area (Å²) in [5.74, 6) is -1.53. The maximum Gasteiger partial charge on any atom is 0.449 e. The van der Waals surface area contributed by atoms with Crippen LogP contribution >= 0.6 is 11.3 Å². The monoisotopic (exact) mass is 326 g/mol. The molecule has 0 saturated heterocycles. The molecule has 0 unspecified atom stereocenters. The second-order valence-electron chi connectivity index (χ2n) is 4.56. The molecule has 0 saturated carbocycles. The van der Waals surface area contributed by atoms with Crippen LogP contribution in [0.5, 0.6) is 0 Å². The Morgan fingerprint density at radius 3 is 2.73 bits per heavy atom. The van der Waals surface area contributed by atoms with E-state index in [4.69, 9.17) is 0 Å². The first-order chi connectivity index (χ1) is 10.3. The van der Waals surface area contributed by atoms with Gasteiger partial charge in [0.1, 0.15) is 0 Å². The number of benzene rings is 1. The zero-order valence-electron chi connectivity index (χ0n) is 11.2. The Balaban J connectivity index is 1.89. The molecule has 0 radical (unpaired) electrons. The maximum atomic E-state index is 12.6. The number of amides is 1. The number of imidazole rings is 1. The van der Waals surface area contributed by atoms with Crippen LogP contribution in [0.15, 0.2) is 23.6 Å². The zero-order valence-corrected chi connectivity index (χ0v) is 12.0. The van der Waals surface area contributed by atoms with E-state index in [9.17, 15) is 18.0 Å². The molecule has 1 aromatic carbocycles. The minimum Gasteiger partial charge on any atom is -0.334 e. The molecule has 2 N–H and O–H groups in total. The second-order valence-corrected chi connectivity index (χ2v) is 5.42. The van der Waals surface area contributed by atoms with E-state index in [1.807, 2.05) is 0 Å². The van der Waals surface area contributed by atoms with Crippen LogP contribution in [0.1, 0.15) is 21.9 Å². The number of nitrogens with one attached hydrogen (secondary N) is 2. The molecule has 0 bridgehead atoms. The summed E-state index contributed by atoms with van der Waals surface area (Å²) in [7, 11) is 0. The average molecular weight is 326 g/mol. The van der Waals surface area contributed by atoms with Crippen LogP contribution in [0.3, 0.4) is 0 Å². The summed E-state index contributed by atoms with van der Waals surface area (Å²) in [5.41, 5.74) is 1.29. The third kappa shape index (κ3) is 2.80. The third-order valence-corrected chi connectivity index (χ3v) is 3.73. The smallest absolute Gasteiger partial charge is 0.334 e. The highest BCUT2D eigenvalue weighted by molar-refractivity contribution is 7.13. The fourth-order valence-corrected chi connectivity index (χ4v) is 2.55. The van der Waals surface area contributed by atoms with Crippen LogP contribution in [0.2, 0.25) is 0 Å². The number of fused-ring (bicyclic) bond motifs is 1. The van der Waals surface area contributed by atoms with Crippen molar-refractivity contribution in [2.75, 3.05) is 5.32 Å². The molecule has 2 aromatic heterocycles. The lowest BCUT2D eigenvalue weighted by Gasteiger charge is -2.01. The fourth-order valence-electron chi connectivity index (χ4n) is 1.87. The molecule has 0 aliphatic heterocycles. The lowest BCUT2D eigenvalue weighted by Crippen LogP contribution is -2.11. The molecule has 0 fully saturated rings. The lowest BCUT2D eigenvalue weighted by atomic mass is 10.2. The van der Waals surface area contributed by atoms with Crippen LogP contribution in [0.4, 0.5) is 18.3 Å². The quantitative estimate of drug-likeness (QED) is 0.756. The Bertz CT molecular complexity index is 852. The number of nitrogens with zero attached hydrogens (tertiary/aromatic N) is 2. The number of alkyl halides is 3. The Morgan fingerprint density at radius 1 is 1.32 bits per heavy atom. The van der Waals surface area contributed by atoms with Crippen LogP contribution in [0, 0.1) is 6.92 Å². The van der Waals surface area contributed by atoms with Gasteiger partial charge in [-0.1, -0.05) is 0 Å². The van der Waals surface area contributed by atoms with Crippen molar-refractivity contribution in [3.05, 3.63) is 40.7 Å². The number of anilines is 1. The standard InChI is InChI=1S/C13H9F3N4OS/c1-6-5-22-12(17-6)20-10(21)7-2-3-8-9(4-7)19-11(18-8)13(14,15)16/h2-5H,1H3,(H,18,19)(H,17,20,21). The van der Waals surface area contributed by atoms with Gasteiger partial charge in [-0.25, -0.2) is 9.97 Å². The van der Waals surface area contributed by atoms with Gasteiger partial charge >= 0.3 is 6.18 Å². The summed E-state index contributed by atoms with van der Waals surface area (Å²) in [6.45, 7) is 1.79. The minimum atomic E-state index is -4.56. The Labute approximate surface area is 126 Å². The predicted octanol–water partition coefficient (Wildman–Crippen LogP) is 3.60. The van der Waals surface area contributed by atoms with Crippen molar-refractivity contribution >= 4 is 33.4 Å². The molecule has 22 heavy (non-hydrogen) atoms. The van der Waals surface area contributed by atoms with Gasteiger partial charge in [-0.3, -0.25) is 10.1 Å². The van der Waals surface area contributed by atoms with Crippen molar-refractivity contribution in [1.29, 1.82) is 0 Å². The summed E-state index contributed by atoms with van der Waals surface area (Å²) >= 11 is 1.27. The number of aromatic nitrogens is 3. The van der Waals surface area contributed by atoms with Crippen LogP contribution in [-0.2, 0) is 6.18 Å². The molecule has 0 atom stereocenters. The highest BCUT2D eigenvalue weighted by Crippen LogP contribution is 2.28. The first kappa shape index (κ1) is 14.5. The van der Waals surface area contributed by atoms with Gasteiger partial charge in [0, 0.05) is 10.9 Å².